The van der Waals surface area contributed by atoms with Crippen molar-refractivity contribution < 1.29 is 14.6 Å². The number of aliphatic hydroxyl groups excluding tert-OH is 1. The van der Waals surface area contributed by atoms with Crippen LogP contribution in [0.5, 0.6) is 0 Å². The van der Waals surface area contributed by atoms with Crippen molar-refractivity contribution in [2.45, 2.75) is 73.5 Å². The van der Waals surface area contributed by atoms with Gasteiger partial charge in [0.05, 0.1) is 13.2 Å². The van der Waals surface area contributed by atoms with Gasteiger partial charge in [-0.2, -0.15) is 11.4 Å². The number of ether oxygens (including phenoxy) is 1. The van der Waals surface area contributed by atoms with Crippen molar-refractivity contribution in [3.8, 4) is 0 Å². The maximum absolute atomic E-state index is 13.1. The molecule has 0 radical (unpaired) electrons. The molecular formula is C33H38MgN4O3-2. The molecule has 212 valence electrons. The molecule has 7 nitrogen and oxygen atoms in total. The Bertz CT molecular complexity index is 1640. The van der Waals surface area contributed by atoms with Crippen molar-refractivity contribution in [1.29, 1.82) is 0 Å². The van der Waals surface area contributed by atoms with Gasteiger partial charge in [0.25, 0.3) is 0 Å². The van der Waals surface area contributed by atoms with E-state index in [1.54, 1.807) is 0 Å². The van der Waals surface area contributed by atoms with E-state index in [9.17, 15) is 9.90 Å². The fraction of sp³-hybridized carbons (Fsp3) is 0.485. The normalized spacial score (nSPS) is 31.3. The van der Waals surface area contributed by atoms with E-state index in [0.717, 1.165) is 63.4 Å². The Kier molecular flexibility index (Phi) is 7.89. The largest absolute Gasteiger partial charge is 2.00 e. The number of allylic oxidation sites excluding steroid dienone is 3. The second-order valence-corrected chi connectivity index (χ2v) is 11.8. The van der Waals surface area contributed by atoms with Crippen LogP contribution in [0.4, 0.5) is 0 Å². The first-order valence-electron chi connectivity index (χ1n) is 14.5. The molecule has 1 unspecified atom stereocenters. The zero-order valence-corrected chi connectivity index (χ0v) is 26.8. The van der Waals surface area contributed by atoms with Gasteiger partial charge in [-0.1, -0.05) is 79.8 Å². The minimum atomic E-state index is -1.03. The van der Waals surface area contributed by atoms with Crippen molar-refractivity contribution >= 4 is 46.7 Å². The van der Waals surface area contributed by atoms with Crippen LogP contribution in [-0.4, -0.2) is 47.3 Å². The second kappa shape index (κ2) is 10.9. The number of aliphatic hydroxyl groups is 1. The average molecular weight is 563 g/mol. The quantitative estimate of drug-likeness (QED) is 0.447. The van der Waals surface area contributed by atoms with E-state index < -0.39 is 18.0 Å². The summed E-state index contributed by atoms with van der Waals surface area (Å²) in [6.07, 6.45) is 7.09. The predicted octanol–water partition coefficient (Wildman–Crippen LogP) is 4.17. The Labute approximate surface area is 258 Å². The SMILES string of the molecule is CCc1c2[n-]c(c1C)/C=C1\[N-]C(=C(C)[C@@H]1CC)/C=C1\[N-]C(C3=c4[n-]/c(c(C)c4[C@@H](O)[C@@H]3C(=O)OC)=C\2)[C@@H](C)[C@@H]1C.[Mg+2]. The molecule has 0 saturated carbocycles. The number of hydrogen-bond acceptors (Lipinski definition) is 3. The number of aromatic nitrogens is 2. The molecule has 1 N–H and O–H groups in total. The van der Waals surface area contributed by atoms with Gasteiger partial charge in [-0.3, -0.25) is 4.79 Å². The molecule has 8 bridgehead atoms. The summed E-state index contributed by atoms with van der Waals surface area (Å²) in [5.74, 6) is -0.799. The zero-order valence-electron chi connectivity index (χ0n) is 25.4. The molecule has 2 aromatic rings. The number of esters is 1. The summed E-state index contributed by atoms with van der Waals surface area (Å²) in [6.45, 7) is 15.0. The molecule has 0 amide bonds. The van der Waals surface area contributed by atoms with Gasteiger partial charge in [0.1, 0.15) is 5.92 Å². The molecule has 4 aliphatic rings. The molecule has 41 heavy (non-hydrogen) atoms. The standard InChI is InChI=1S/C33H38N4O3.Mg/c1-9-19-16(5)22-11-21-14(3)15(4)30(36-21)28-29(33(39)40-8)32(38)27-18(7)24(37-31(27)28)13-26-20(10-2)17(6)23(35-26)12-25(19)34-22;/h11-15,19,29-30,32,38H,9-10H2,1-8H3;/q-4;+2/b21-11-,24-13-,25-12-;/t14-,15-,19-,29+,30?,32+;/m0./s1. The van der Waals surface area contributed by atoms with E-state index in [1.807, 2.05) is 13.0 Å². The van der Waals surface area contributed by atoms with Crippen LogP contribution < -0.4 is 20.7 Å². The molecule has 6 atom stereocenters. The first-order chi connectivity index (χ1) is 19.1. The minimum Gasteiger partial charge on any atom is -0.681 e. The summed E-state index contributed by atoms with van der Waals surface area (Å²) in [6, 6.07) is -0.298. The van der Waals surface area contributed by atoms with Crippen molar-refractivity contribution in [3.05, 3.63) is 83.7 Å². The molecule has 0 aromatic carbocycles. The number of carbonyl (C=O) groups is 1. The van der Waals surface area contributed by atoms with Gasteiger partial charge in [-0.15, -0.1) is 27.8 Å². The number of fused-ring (bicyclic) bond motifs is 8. The molecule has 8 heteroatoms. The fourth-order valence-electron chi connectivity index (χ4n) is 7.20. The van der Waals surface area contributed by atoms with Crippen molar-refractivity contribution in [1.82, 2.24) is 9.97 Å². The number of hydrogen-bond donors (Lipinski definition) is 1. The topological polar surface area (TPSA) is 103 Å². The smallest absolute Gasteiger partial charge is 0.681 e. The molecule has 1 aliphatic carbocycles. The molecule has 1 saturated heterocycles. The van der Waals surface area contributed by atoms with E-state index >= 15 is 0 Å². The Balaban J connectivity index is 0.00000337. The van der Waals surface area contributed by atoms with E-state index in [2.05, 4.69) is 53.7 Å². The number of methoxy groups -OCH3 is 1. The van der Waals surface area contributed by atoms with E-state index in [-0.39, 0.29) is 46.8 Å². The summed E-state index contributed by atoms with van der Waals surface area (Å²) in [4.78, 5) is 23.2. The third-order valence-corrected chi connectivity index (χ3v) is 9.84. The first kappa shape index (κ1) is 29.8. The van der Waals surface area contributed by atoms with Crippen molar-refractivity contribution in [2.24, 2.45) is 23.7 Å². The Morgan fingerprint density at radius 2 is 1.73 bits per heavy atom. The van der Waals surface area contributed by atoms with Gasteiger partial charge in [0.2, 0.25) is 0 Å². The second-order valence-electron chi connectivity index (χ2n) is 11.8. The van der Waals surface area contributed by atoms with Crippen molar-refractivity contribution in [2.75, 3.05) is 7.11 Å². The third kappa shape index (κ3) is 4.36. The van der Waals surface area contributed by atoms with Gasteiger partial charge in [-0.05, 0) is 56.9 Å². The maximum atomic E-state index is 13.1. The Morgan fingerprint density at radius 3 is 2.39 bits per heavy atom. The van der Waals surface area contributed by atoms with Crippen molar-refractivity contribution in [3.63, 3.8) is 0 Å². The number of rotatable bonds is 3. The van der Waals surface area contributed by atoms with E-state index in [0.29, 0.717) is 10.9 Å². The van der Waals surface area contributed by atoms with Gasteiger partial charge >= 0.3 is 29.0 Å². The van der Waals surface area contributed by atoms with Crippen LogP contribution in [0.1, 0.15) is 80.8 Å². The Hall–Kier alpha value is -2.68. The fourth-order valence-corrected chi connectivity index (χ4v) is 7.20. The summed E-state index contributed by atoms with van der Waals surface area (Å²) in [7, 11) is 1.37. The van der Waals surface area contributed by atoms with Gasteiger partial charge in [0.15, 0.2) is 0 Å². The van der Waals surface area contributed by atoms with Gasteiger partial charge in [0, 0.05) is 0 Å². The molecule has 3 aliphatic heterocycles. The van der Waals surface area contributed by atoms with Gasteiger partial charge in [-0.25, -0.2) is 0 Å². The van der Waals surface area contributed by atoms with Crippen LogP contribution in [0.3, 0.4) is 0 Å². The minimum absolute atomic E-state index is 0. The van der Waals surface area contributed by atoms with Crippen LogP contribution in [-0.2, 0) is 16.0 Å². The van der Waals surface area contributed by atoms with Crippen LogP contribution in [0.25, 0.3) is 28.4 Å². The summed E-state index contributed by atoms with van der Waals surface area (Å²) < 4.78 is 5.20. The molecule has 5 heterocycles. The summed E-state index contributed by atoms with van der Waals surface area (Å²) in [5.41, 5.74) is 10.7. The van der Waals surface area contributed by atoms with Gasteiger partial charge < -0.3 is 30.4 Å². The average Bonchev–Trinajstić information content (AvgIpc) is 3.66. The molecular weight excluding hydrogens is 525 g/mol. The summed E-state index contributed by atoms with van der Waals surface area (Å²) >= 11 is 0. The number of carbonyl (C=O) groups excluding carboxylic acids is 1. The van der Waals surface area contributed by atoms with Crippen LogP contribution >= 0.6 is 0 Å². The van der Waals surface area contributed by atoms with Crippen LogP contribution in [0, 0.1) is 37.5 Å². The van der Waals surface area contributed by atoms with E-state index in [4.69, 9.17) is 25.3 Å². The molecule has 6 rings (SSSR count). The van der Waals surface area contributed by atoms with E-state index in [1.165, 1.54) is 18.2 Å². The predicted molar refractivity (Wildman–Crippen MR) is 162 cm³/mol. The van der Waals surface area contributed by atoms with Crippen LogP contribution in [0.15, 0.2) is 28.7 Å². The maximum Gasteiger partial charge on any atom is 2.00 e. The molecule has 0 spiro atoms. The number of nitrogens with zero attached hydrogens (tertiary/aromatic N) is 4. The zero-order chi connectivity index (χ0) is 28.6. The molecule has 2 aromatic heterocycles. The first-order valence-corrected chi connectivity index (χ1v) is 14.5. The molecule has 1 fully saturated rings. The van der Waals surface area contributed by atoms with Crippen LogP contribution in [0.2, 0.25) is 0 Å². The monoisotopic (exact) mass is 562 g/mol. The third-order valence-electron chi connectivity index (χ3n) is 9.84. The Morgan fingerprint density at radius 1 is 1.00 bits per heavy atom. The summed E-state index contributed by atoms with van der Waals surface area (Å²) in [5, 5.41) is 23.3.